The first-order valence-corrected chi connectivity index (χ1v) is 8.48. The van der Waals surface area contributed by atoms with Crippen LogP contribution in [0.15, 0.2) is 78.4 Å². The molecule has 1 saturated heterocycles. The van der Waals surface area contributed by atoms with Crippen LogP contribution < -0.4 is 4.74 Å². The van der Waals surface area contributed by atoms with Crippen molar-refractivity contribution in [2.75, 3.05) is 6.54 Å². The Bertz CT molecular complexity index is 911. The van der Waals surface area contributed by atoms with Gasteiger partial charge in [0.1, 0.15) is 11.8 Å². The van der Waals surface area contributed by atoms with Gasteiger partial charge in [-0.05, 0) is 29.8 Å². The van der Waals surface area contributed by atoms with Crippen molar-refractivity contribution in [3.8, 4) is 17.6 Å². The summed E-state index contributed by atoms with van der Waals surface area (Å²) in [6, 6.07) is 17.2. The topological polar surface area (TPSA) is 78.3 Å². The van der Waals surface area contributed by atoms with Crippen molar-refractivity contribution in [3.63, 3.8) is 0 Å². The van der Waals surface area contributed by atoms with Gasteiger partial charge in [0, 0.05) is 17.0 Å². The second kappa shape index (κ2) is 8.61. The lowest BCUT2D eigenvalue weighted by Crippen LogP contribution is -2.70. The van der Waals surface area contributed by atoms with Gasteiger partial charge in [0.25, 0.3) is 5.91 Å². The van der Waals surface area contributed by atoms with Crippen molar-refractivity contribution in [3.05, 3.63) is 89.3 Å². The van der Waals surface area contributed by atoms with Crippen molar-refractivity contribution in [2.24, 2.45) is 5.11 Å². The molecule has 0 N–H and O–H groups in total. The minimum atomic E-state index is -0.757. The number of hydrogen-bond acceptors (Lipinski definition) is 3. The third-order valence-corrected chi connectivity index (χ3v) is 4.17. The number of carbonyl (C=O) groups is 1. The number of carbonyl (C=O) groups excluding carboxylic acids is 1. The Labute approximate surface area is 157 Å². The summed E-state index contributed by atoms with van der Waals surface area (Å²) >= 11 is 0. The van der Waals surface area contributed by atoms with Crippen LogP contribution in [0.4, 0.5) is 0 Å². The molecule has 6 heteroatoms. The molecule has 1 heterocycles. The molecule has 1 aliphatic rings. The number of rotatable bonds is 6. The van der Waals surface area contributed by atoms with Crippen molar-refractivity contribution < 1.29 is 9.53 Å². The molecule has 134 valence electrons. The van der Waals surface area contributed by atoms with Crippen LogP contribution in [0.2, 0.25) is 0 Å². The van der Waals surface area contributed by atoms with Crippen LogP contribution in [0, 0.1) is 11.8 Å². The van der Waals surface area contributed by atoms with Crippen LogP contribution in [0.25, 0.3) is 10.4 Å². The predicted molar refractivity (Wildman–Crippen MR) is 103 cm³/mol. The van der Waals surface area contributed by atoms with E-state index in [1.54, 1.807) is 23.1 Å². The molecule has 1 aliphatic heterocycles. The van der Waals surface area contributed by atoms with E-state index in [9.17, 15) is 4.79 Å². The standard InChI is InChI=1S/C21H18N4O2/c1-2-15-25-19(20(21(25)26)27-17-11-7-4-8-12-17)18(23-24-22)14-13-16-9-5-3-6-10-16/h2-12,18-20H,1,15H2/t18-,19-,20+/m0/s1. The Morgan fingerprint density at radius 2 is 1.89 bits per heavy atom. The molecule has 3 atom stereocenters. The van der Waals surface area contributed by atoms with Crippen molar-refractivity contribution in [1.29, 1.82) is 0 Å². The zero-order valence-electron chi connectivity index (χ0n) is 14.6. The van der Waals surface area contributed by atoms with Gasteiger partial charge in [-0.2, -0.15) is 0 Å². The molecule has 2 aromatic rings. The lowest BCUT2D eigenvalue weighted by molar-refractivity contribution is -0.162. The maximum atomic E-state index is 12.5. The third-order valence-electron chi connectivity index (χ3n) is 4.17. The Hall–Kier alpha value is -3.68. The average molecular weight is 358 g/mol. The highest BCUT2D eigenvalue weighted by Gasteiger charge is 2.52. The molecule has 1 amide bonds. The molecule has 1 fully saturated rings. The Kier molecular flexibility index (Phi) is 5.78. The van der Waals surface area contributed by atoms with Gasteiger partial charge < -0.3 is 9.64 Å². The summed E-state index contributed by atoms with van der Waals surface area (Å²) in [6.45, 7) is 4.02. The molecule has 27 heavy (non-hydrogen) atoms. The van der Waals surface area contributed by atoms with Crippen LogP contribution in [0.5, 0.6) is 5.75 Å². The van der Waals surface area contributed by atoms with Gasteiger partial charge in [0.15, 0.2) is 6.10 Å². The van der Waals surface area contributed by atoms with Crippen LogP contribution in [-0.2, 0) is 4.79 Å². The van der Waals surface area contributed by atoms with E-state index in [4.69, 9.17) is 10.3 Å². The summed E-state index contributed by atoms with van der Waals surface area (Å²) < 4.78 is 5.85. The molecule has 2 aromatic carbocycles. The van der Waals surface area contributed by atoms with Gasteiger partial charge in [-0.1, -0.05) is 59.4 Å². The van der Waals surface area contributed by atoms with E-state index in [1.807, 2.05) is 48.5 Å². The van der Waals surface area contributed by atoms with E-state index in [-0.39, 0.29) is 5.91 Å². The van der Waals surface area contributed by atoms with Crippen molar-refractivity contribution >= 4 is 5.91 Å². The van der Waals surface area contributed by atoms with Gasteiger partial charge in [-0.15, -0.1) is 6.58 Å². The minimum absolute atomic E-state index is 0.177. The normalized spacial score (nSPS) is 19.0. The lowest BCUT2D eigenvalue weighted by atomic mass is 9.91. The van der Waals surface area contributed by atoms with Crippen LogP contribution in [0.3, 0.4) is 0 Å². The maximum absolute atomic E-state index is 12.5. The average Bonchev–Trinajstić information content (AvgIpc) is 2.72. The fraction of sp³-hybridized carbons (Fsp3) is 0.190. The molecule has 0 radical (unpaired) electrons. The molecule has 0 saturated carbocycles. The highest BCUT2D eigenvalue weighted by Crippen LogP contribution is 2.29. The number of azide groups is 1. The van der Waals surface area contributed by atoms with E-state index in [0.717, 1.165) is 5.56 Å². The molecule has 6 nitrogen and oxygen atoms in total. The Morgan fingerprint density at radius 1 is 1.22 bits per heavy atom. The Balaban J connectivity index is 1.88. The van der Waals surface area contributed by atoms with Gasteiger partial charge in [0.05, 0.1) is 6.04 Å². The third kappa shape index (κ3) is 4.12. The number of likely N-dealkylation sites (tertiary alicyclic amines) is 1. The van der Waals surface area contributed by atoms with E-state index in [2.05, 4.69) is 28.4 Å². The van der Waals surface area contributed by atoms with Gasteiger partial charge in [-0.3, -0.25) is 4.79 Å². The molecule has 0 bridgehead atoms. The molecule has 3 rings (SSSR count). The SMILES string of the molecule is C=CCN1C(=O)[C@H](Oc2ccccc2)[C@@H]1[C@H](C#Cc1ccccc1)N=[N+]=[N-]. The zero-order chi connectivity index (χ0) is 19.1. The summed E-state index contributed by atoms with van der Waals surface area (Å²) in [5.41, 5.74) is 9.79. The van der Waals surface area contributed by atoms with Crippen LogP contribution in [-0.4, -0.2) is 35.5 Å². The van der Waals surface area contributed by atoms with Gasteiger partial charge >= 0.3 is 0 Å². The number of β-lactam (4-membered cyclic amide) rings is 1. The molecular formula is C21H18N4O2. The number of nitrogens with zero attached hydrogens (tertiary/aromatic N) is 4. The minimum Gasteiger partial charge on any atom is -0.478 e. The fourth-order valence-corrected chi connectivity index (χ4v) is 2.91. The predicted octanol–water partition coefficient (Wildman–Crippen LogP) is 3.56. The van der Waals surface area contributed by atoms with E-state index in [0.29, 0.717) is 12.3 Å². The highest BCUT2D eigenvalue weighted by molar-refractivity contribution is 5.89. The second-order valence-electron chi connectivity index (χ2n) is 5.91. The number of benzene rings is 2. The molecule has 0 spiro atoms. The number of ether oxygens (including phenoxy) is 1. The fourth-order valence-electron chi connectivity index (χ4n) is 2.91. The van der Waals surface area contributed by atoms with E-state index in [1.165, 1.54) is 0 Å². The molecule has 0 aromatic heterocycles. The van der Waals surface area contributed by atoms with Gasteiger partial charge in [-0.25, -0.2) is 0 Å². The monoisotopic (exact) mass is 358 g/mol. The summed E-state index contributed by atoms with van der Waals surface area (Å²) in [4.78, 5) is 17.0. The number of amides is 1. The smallest absolute Gasteiger partial charge is 0.266 e. The first-order chi connectivity index (χ1) is 13.2. The first kappa shape index (κ1) is 18.1. The highest BCUT2D eigenvalue weighted by atomic mass is 16.5. The quantitative estimate of drug-likeness (QED) is 0.198. The second-order valence-corrected chi connectivity index (χ2v) is 5.91. The molecule has 0 aliphatic carbocycles. The summed E-state index contributed by atoms with van der Waals surface area (Å²) in [5.74, 6) is 6.39. The summed E-state index contributed by atoms with van der Waals surface area (Å²) in [6.07, 6.45) is 0.870. The summed E-state index contributed by atoms with van der Waals surface area (Å²) in [5, 5.41) is 3.82. The maximum Gasteiger partial charge on any atom is 0.266 e. The zero-order valence-corrected chi connectivity index (χ0v) is 14.6. The van der Waals surface area contributed by atoms with Crippen molar-refractivity contribution in [2.45, 2.75) is 18.2 Å². The van der Waals surface area contributed by atoms with Crippen molar-refractivity contribution in [1.82, 2.24) is 4.90 Å². The van der Waals surface area contributed by atoms with Crippen LogP contribution >= 0.6 is 0 Å². The molecule has 0 unspecified atom stereocenters. The number of para-hydroxylation sites is 1. The molecular weight excluding hydrogens is 340 g/mol. The van der Waals surface area contributed by atoms with Crippen LogP contribution in [0.1, 0.15) is 5.56 Å². The first-order valence-electron chi connectivity index (χ1n) is 8.48. The summed E-state index contributed by atoms with van der Waals surface area (Å²) in [7, 11) is 0. The Morgan fingerprint density at radius 3 is 2.52 bits per heavy atom. The number of hydrogen-bond donors (Lipinski definition) is 0. The van der Waals surface area contributed by atoms with E-state index < -0.39 is 18.2 Å². The van der Waals surface area contributed by atoms with Gasteiger partial charge in [0.2, 0.25) is 0 Å². The lowest BCUT2D eigenvalue weighted by Gasteiger charge is -2.47. The largest absolute Gasteiger partial charge is 0.478 e. The van der Waals surface area contributed by atoms with E-state index >= 15 is 0 Å².